The molecule has 0 aromatic heterocycles. The van der Waals surface area contributed by atoms with Crippen LogP contribution in [0, 0.1) is 11.6 Å². The minimum atomic E-state index is -1.29. The molecule has 1 aromatic carbocycles. The average molecular weight is 217 g/mol. The first-order valence-corrected chi connectivity index (χ1v) is 4.07. The Balaban J connectivity index is 2.95. The summed E-state index contributed by atoms with van der Waals surface area (Å²) in [6.45, 7) is 0. The number of hydrogen-bond acceptors (Lipinski definition) is 3. The van der Waals surface area contributed by atoms with Crippen LogP contribution >= 0.6 is 0 Å². The fraction of sp³-hybridized carbons (Fsp3) is 0.222. The summed E-state index contributed by atoms with van der Waals surface area (Å²) >= 11 is 0. The van der Waals surface area contributed by atoms with E-state index in [9.17, 15) is 13.6 Å². The van der Waals surface area contributed by atoms with Gasteiger partial charge in [-0.25, -0.2) is 8.78 Å². The smallest absolute Gasteiger partial charge is 0.320 e. The Kier molecular flexibility index (Phi) is 3.21. The van der Waals surface area contributed by atoms with Gasteiger partial charge in [-0.3, -0.25) is 4.79 Å². The Labute approximate surface area is 83.9 Å². The number of nitrogens with two attached hydrogens (primary N) is 1. The topological polar surface area (TPSA) is 83.5 Å². The monoisotopic (exact) mass is 217 g/mol. The predicted octanol–water partition coefficient (Wildman–Crippen LogP) is 0.625. The van der Waals surface area contributed by atoms with E-state index >= 15 is 0 Å². The molecule has 0 saturated heterocycles. The van der Waals surface area contributed by atoms with Crippen molar-refractivity contribution in [2.24, 2.45) is 5.73 Å². The highest BCUT2D eigenvalue weighted by atomic mass is 19.1. The molecule has 0 aliphatic rings. The second-order valence-electron chi connectivity index (χ2n) is 3.04. The Morgan fingerprint density at radius 3 is 2.53 bits per heavy atom. The van der Waals surface area contributed by atoms with E-state index in [4.69, 9.17) is 15.9 Å². The molecule has 15 heavy (non-hydrogen) atoms. The molecule has 1 unspecified atom stereocenters. The Morgan fingerprint density at radius 1 is 1.40 bits per heavy atom. The second kappa shape index (κ2) is 4.22. The van der Waals surface area contributed by atoms with Crippen LogP contribution < -0.4 is 5.73 Å². The van der Waals surface area contributed by atoms with Gasteiger partial charge in [-0.1, -0.05) is 0 Å². The van der Waals surface area contributed by atoms with Crippen LogP contribution in [0.3, 0.4) is 0 Å². The third-order valence-corrected chi connectivity index (χ3v) is 1.87. The maximum absolute atomic E-state index is 13.1. The van der Waals surface area contributed by atoms with Gasteiger partial charge in [0.2, 0.25) is 0 Å². The Hall–Kier alpha value is -1.69. The zero-order valence-electron chi connectivity index (χ0n) is 7.58. The minimum absolute atomic E-state index is 0.135. The molecule has 6 heteroatoms. The molecule has 0 bridgehead atoms. The number of aromatic hydroxyl groups is 1. The largest absolute Gasteiger partial charge is 0.505 e. The van der Waals surface area contributed by atoms with Crippen molar-refractivity contribution in [2.45, 2.75) is 12.5 Å². The van der Waals surface area contributed by atoms with Gasteiger partial charge in [-0.15, -0.1) is 0 Å². The molecule has 0 amide bonds. The van der Waals surface area contributed by atoms with Crippen LogP contribution in [0.25, 0.3) is 0 Å². The van der Waals surface area contributed by atoms with E-state index in [1.807, 2.05) is 0 Å². The van der Waals surface area contributed by atoms with Crippen molar-refractivity contribution >= 4 is 5.97 Å². The lowest BCUT2D eigenvalue weighted by atomic mass is 10.1. The maximum atomic E-state index is 13.1. The molecule has 0 saturated carbocycles. The lowest BCUT2D eigenvalue weighted by Gasteiger charge is -2.08. The van der Waals surface area contributed by atoms with Crippen molar-refractivity contribution in [3.05, 3.63) is 29.3 Å². The van der Waals surface area contributed by atoms with Crippen LogP contribution in [-0.2, 0) is 11.2 Å². The van der Waals surface area contributed by atoms with Gasteiger partial charge in [-0.2, -0.15) is 0 Å². The molecule has 4 N–H and O–H groups in total. The summed E-state index contributed by atoms with van der Waals surface area (Å²) in [6.07, 6.45) is -0.311. The van der Waals surface area contributed by atoms with Crippen LogP contribution in [0.15, 0.2) is 12.1 Å². The molecular weight excluding hydrogens is 208 g/mol. The van der Waals surface area contributed by atoms with Crippen LogP contribution in [0.5, 0.6) is 5.75 Å². The summed E-state index contributed by atoms with van der Waals surface area (Å²) in [7, 11) is 0. The Morgan fingerprint density at radius 2 is 2.00 bits per heavy atom. The number of aliphatic carboxylic acids is 1. The number of carbonyl (C=O) groups is 1. The molecule has 0 radical (unpaired) electrons. The second-order valence-corrected chi connectivity index (χ2v) is 3.04. The standard InChI is InChI=1S/C9H9F2NO3/c10-5-3-6(11)8(13)2-4(5)1-7(12)9(14)15/h2-3,7,13H,1,12H2,(H,14,15). The van der Waals surface area contributed by atoms with Crippen LogP contribution in [0.2, 0.25) is 0 Å². The van der Waals surface area contributed by atoms with Crippen LogP contribution in [-0.4, -0.2) is 22.2 Å². The van der Waals surface area contributed by atoms with Gasteiger partial charge in [0.25, 0.3) is 0 Å². The number of benzene rings is 1. The fourth-order valence-electron chi connectivity index (χ4n) is 1.06. The summed E-state index contributed by atoms with van der Waals surface area (Å²) < 4.78 is 25.7. The number of phenols is 1. The number of rotatable bonds is 3. The first kappa shape index (κ1) is 11.4. The van der Waals surface area contributed by atoms with Crippen molar-refractivity contribution in [1.29, 1.82) is 0 Å². The third kappa shape index (κ3) is 2.63. The van der Waals surface area contributed by atoms with E-state index in [0.717, 1.165) is 6.07 Å². The summed E-state index contributed by atoms with van der Waals surface area (Å²) in [6, 6.07) is 0.0246. The highest BCUT2D eigenvalue weighted by Gasteiger charge is 2.16. The fourth-order valence-corrected chi connectivity index (χ4v) is 1.06. The maximum Gasteiger partial charge on any atom is 0.320 e. The van der Waals surface area contributed by atoms with Crippen molar-refractivity contribution in [1.82, 2.24) is 0 Å². The molecule has 1 aromatic rings. The molecule has 0 aliphatic carbocycles. The normalized spacial score (nSPS) is 12.5. The first-order valence-electron chi connectivity index (χ1n) is 4.07. The van der Waals surface area contributed by atoms with Gasteiger partial charge in [-0.05, 0) is 11.6 Å². The quantitative estimate of drug-likeness (QED) is 0.693. The highest BCUT2D eigenvalue weighted by Crippen LogP contribution is 2.20. The molecule has 0 heterocycles. The number of carboxylic acids is 1. The summed E-state index contributed by atoms with van der Waals surface area (Å²) in [4.78, 5) is 10.4. The number of carboxylic acid groups (broad SMARTS) is 1. The molecule has 0 fully saturated rings. The minimum Gasteiger partial charge on any atom is -0.505 e. The lowest BCUT2D eigenvalue weighted by molar-refractivity contribution is -0.138. The first-order chi connectivity index (χ1) is 6.91. The molecule has 0 spiro atoms. The van der Waals surface area contributed by atoms with Crippen molar-refractivity contribution < 1.29 is 23.8 Å². The summed E-state index contributed by atoms with van der Waals surface area (Å²) in [5.74, 6) is -4.05. The molecule has 1 atom stereocenters. The lowest BCUT2D eigenvalue weighted by Crippen LogP contribution is -2.32. The van der Waals surface area contributed by atoms with Gasteiger partial charge in [0.15, 0.2) is 11.6 Å². The number of phenolic OH excluding ortho intramolecular Hbond substituents is 1. The third-order valence-electron chi connectivity index (χ3n) is 1.87. The molecule has 82 valence electrons. The highest BCUT2D eigenvalue weighted by molar-refractivity contribution is 5.73. The Bertz CT molecular complexity index is 395. The van der Waals surface area contributed by atoms with Crippen LogP contribution in [0.4, 0.5) is 8.78 Å². The molecular formula is C9H9F2NO3. The van der Waals surface area contributed by atoms with Gasteiger partial charge in [0, 0.05) is 12.5 Å². The predicted molar refractivity (Wildman–Crippen MR) is 47.3 cm³/mol. The van der Waals surface area contributed by atoms with E-state index in [1.54, 1.807) is 0 Å². The van der Waals surface area contributed by atoms with E-state index in [1.165, 1.54) is 0 Å². The average Bonchev–Trinajstić information content (AvgIpc) is 2.13. The molecule has 4 nitrogen and oxygen atoms in total. The van der Waals surface area contributed by atoms with Gasteiger partial charge >= 0.3 is 5.97 Å². The zero-order valence-corrected chi connectivity index (χ0v) is 7.58. The van der Waals surface area contributed by atoms with Gasteiger partial charge in [0.05, 0.1) is 0 Å². The van der Waals surface area contributed by atoms with E-state index in [2.05, 4.69) is 0 Å². The number of hydrogen-bond donors (Lipinski definition) is 3. The molecule has 0 aliphatic heterocycles. The van der Waals surface area contributed by atoms with E-state index < -0.39 is 29.4 Å². The SMILES string of the molecule is NC(Cc1cc(O)c(F)cc1F)C(=O)O. The van der Waals surface area contributed by atoms with Crippen molar-refractivity contribution in [3.63, 3.8) is 0 Å². The van der Waals surface area contributed by atoms with E-state index in [0.29, 0.717) is 6.07 Å². The van der Waals surface area contributed by atoms with Crippen molar-refractivity contribution in [2.75, 3.05) is 0 Å². The van der Waals surface area contributed by atoms with Gasteiger partial charge in [0.1, 0.15) is 11.9 Å². The summed E-state index contributed by atoms with van der Waals surface area (Å²) in [5.41, 5.74) is 5.03. The van der Waals surface area contributed by atoms with Gasteiger partial charge < -0.3 is 15.9 Å². The zero-order chi connectivity index (χ0) is 11.6. The summed E-state index contributed by atoms with van der Waals surface area (Å²) in [5, 5.41) is 17.4. The van der Waals surface area contributed by atoms with E-state index in [-0.39, 0.29) is 12.0 Å². The van der Waals surface area contributed by atoms with Crippen molar-refractivity contribution in [3.8, 4) is 5.75 Å². The molecule has 1 rings (SSSR count). The van der Waals surface area contributed by atoms with Crippen LogP contribution in [0.1, 0.15) is 5.56 Å². The number of halogens is 2.